The van der Waals surface area contributed by atoms with E-state index < -0.39 is 0 Å². The van der Waals surface area contributed by atoms with Gasteiger partial charge in [0.1, 0.15) is 5.52 Å². The summed E-state index contributed by atoms with van der Waals surface area (Å²) in [5.41, 5.74) is 1.51. The minimum atomic E-state index is -0.0996. The van der Waals surface area contributed by atoms with Crippen LogP contribution in [0, 0.1) is 0 Å². The zero-order valence-corrected chi connectivity index (χ0v) is 13.2. The van der Waals surface area contributed by atoms with Crippen LogP contribution in [0.5, 0.6) is 0 Å². The lowest BCUT2D eigenvalue weighted by Crippen LogP contribution is -2.48. The van der Waals surface area contributed by atoms with Gasteiger partial charge in [-0.05, 0) is 38.0 Å². The molecular weight excluding hydrogens is 304 g/mol. The first kappa shape index (κ1) is 15.0. The summed E-state index contributed by atoms with van der Waals surface area (Å²) in [4.78, 5) is 18.1. The van der Waals surface area contributed by atoms with Gasteiger partial charge in [0.25, 0.3) is 6.01 Å². The summed E-state index contributed by atoms with van der Waals surface area (Å²) < 4.78 is 5.77. The van der Waals surface area contributed by atoms with Crippen molar-refractivity contribution in [3.63, 3.8) is 0 Å². The Bertz CT molecular complexity index is 665. The number of amides is 2. The second kappa shape index (κ2) is 6.44. The highest BCUT2D eigenvalue weighted by molar-refractivity contribution is 6.31. The fraction of sp³-hybridized carbons (Fsp3) is 0.467. The maximum Gasteiger partial charge on any atom is 0.314 e. The zero-order valence-electron chi connectivity index (χ0n) is 12.4. The van der Waals surface area contributed by atoms with Crippen molar-refractivity contribution in [2.75, 3.05) is 24.5 Å². The highest BCUT2D eigenvalue weighted by Crippen LogP contribution is 2.26. The molecule has 3 rings (SSSR count). The SMILES string of the molecule is CCNC(=O)NC1CCN(c2nc3cc(Cl)ccc3o2)CC1. The molecule has 1 fully saturated rings. The van der Waals surface area contributed by atoms with E-state index in [1.165, 1.54) is 0 Å². The van der Waals surface area contributed by atoms with Crippen LogP contribution in [0.1, 0.15) is 19.8 Å². The summed E-state index contributed by atoms with van der Waals surface area (Å²) >= 11 is 5.97. The van der Waals surface area contributed by atoms with Gasteiger partial charge in [0.2, 0.25) is 0 Å². The second-order valence-electron chi connectivity index (χ2n) is 5.37. The normalized spacial score (nSPS) is 16.0. The number of rotatable bonds is 3. The van der Waals surface area contributed by atoms with Gasteiger partial charge in [-0.15, -0.1) is 0 Å². The van der Waals surface area contributed by atoms with Gasteiger partial charge in [-0.1, -0.05) is 11.6 Å². The van der Waals surface area contributed by atoms with Gasteiger partial charge in [0, 0.05) is 30.7 Å². The predicted molar refractivity (Wildman–Crippen MR) is 86.5 cm³/mol. The van der Waals surface area contributed by atoms with E-state index in [4.69, 9.17) is 16.0 Å². The van der Waals surface area contributed by atoms with Crippen molar-refractivity contribution in [1.29, 1.82) is 0 Å². The highest BCUT2D eigenvalue weighted by atomic mass is 35.5. The molecule has 1 aromatic heterocycles. The van der Waals surface area contributed by atoms with E-state index in [0.29, 0.717) is 17.6 Å². The van der Waals surface area contributed by atoms with Crippen LogP contribution in [0.3, 0.4) is 0 Å². The highest BCUT2D eigenvalue weighted by Gasteiger charge is 2.23. The van der Waals surface area contributed by atoms with Gasteiger partial charge in [0.05, 0.1) is 0 Å². The van der Waals surface area contributed by atoms with Crippen LogP contribution in [0.25, 0.3) is 11.1 Å². The number of fused-ring (bicyclic) bond motifs is 1. The second-order valence-corrected chi connectivity index (χ2v) is 5.81. The molecule has 6 nitrogen and oxygen atoms in total. The van der Waals surface area contributed by atoms with Crippen molar-refractivity contribution in [3.8, 4) is 0 Å². The number of piperidine rings is 1. The van der Waals surface area contributed by atoms with Crippen LogP contribution in [0.15, 0.2) is 22.6 Å². The first-order chi connectivity index (χ1) is 10.7. The molecule has 0 unspecified atom stereocenters. The third-order valence-corrected chi connectivity index (χ3v) is 4.01. The quantitative estimate of drug-likeness (QED) is 0.911. The van der Waals surface area contributed by atoms with Crippen molar-refractivity contribution in [3.05, 3.63) is 23.2 Å². The molecule has 0 bridgehead atoms. The first-order valence-electron chi connectivity index (χ1n) is 7.51. The van der Waals surface area contributed by atoms with E-state index in [1.807, 2.05) is 13.0 Å². The van der Waals surface area contributed by atoms with Crippen LogP contribution >= 0.6 is 11.6 Å². The number of nitrogens with one attached hydrogen (secondary N) is 2. The van der Waals surface area contributed by atoms with Gasteiger partial charge in [-0.2, -0.15) is 4.98 Å². The van der Waals surface area contributed by atoms with Crippen LogP contribution in [-0.2, 0) is 0 Å². The summed E-state index contributed by atoms with van der Waals surface area (Å²) in [7, 11) is 0. The lowest BCUT2D eigenvalue weighted by Gasteiger charge is -2.31. The molecular formula is C15H19ClN4O2. The fourth-order valence-corrected chi connectivity index (χ4v) is 2.80. The van der Waals surface area contributed by atoms with E-state index in [2.05, 4.69) is 20.5 Å². The molecule has 118 valence electrons. The number of urea groups is 1. The lowest BCUT2D eigenvalue weighted by atomic mass is 10.1. The molecule has 1 aromatic carbocycles. The maximum atomic E-state index is 11.5. The van der Waals surface area contributed by atoms with Crippen molar-refractivity contribution in [1.82, 2.24) is 15.6 Å². The topological polar surface area (TPSA) is 70.4 Å². The first-order valence-corrected chi connectivity index (χ1v) is 7.89. The number of oxazole rings is 1. The molecule has 0 radical (unpaired) electrons. The number of carbonyl (C=O) groups excluding carboxylic acids is 1. The van der Waals surface area contributed by atoms with Gasteiger partial charge in [-0.25, -0.2) is 4.79 Å². The summed E-state index contributed by atoms with van der Waals surface area (Å²) in [6.07, 6.45) is 1.74. The smallest absolute Gasteiger partial charge is 0.314 e. The molecule has 2 aromatic rings. The maximum absolute atomic E-state index is 11.5. The van der Waals surface area contributed by atoms with Gasteiger partial charge in [-0.3, -0.25) is 0 Å². The molecule has 1 aliphatic heterocycles. The van der Waals surface area contributed by atoms with Gasteiger partial charge >= 0.3 is 6.03 Å². The monoisotopic (exact) mass is 322 g/mol. The third kappa shape index (κ3) is 3.27. The van der Waals surface area contributed by atoms with Crippen molar-refractivity contribution in [2.45, 2.75) is 25.8 Å². The van der Waals surface area contributed by atoms with Crippen LogP contribution < -0.4 is 15.5 Å². The fourth-order valence-electron chi connectivity index (χ4n) is 2.64. The molecule has 0 aliphatic carbocycles. The summed E-state index contributed by atoms with van der Waals surface area (Å²) in [5.74, 6) is 0. The number of benzene rings is 1. The van der Waals surface area contributed by atoms with Crippen molar-refractivity contribution in [2.24, 2.45) is 0 Å². The van der Waals surface area contributed by atoms with Crippen molar-refractivity contribution < 1.29 is 9.21 Å². The standard InChI is InChI=1S/C15H19ClN4O2/c1-2-17-14(21)18-11-5-7-20(8-6-11)15-19-12-9-10(16)3-4-13(12)22-15/h3-4,9,11H,2,5-8H2,1H3,(H2,17,18,21). The number of hydrogen-bond acceptors (Lipinski definition) is 4. The number of carbonyl (C=O) groups is 1. The minimum Gasteiger partial charge on any atom is -0.423 e. The Morgan fingerprint density at radius 1 is 1.45 bits per heavy atom. The van der Waals surface area contributed by atoms with Crippen LogP contribution in [-0.4, -0.2) is 36.7 Å². The molecule has 7 heteroatoms. The Morgan fingerprint density at radius 2 is 2.23 bits per heavy atom. The average molecular weight is 323 g/mol. The Balaban J connectivity index is 1.61. The predicted octanol–water partition coefficient (Wildman–Crippen LogP) is 2.77. The molecule has 0 saturated carbocycles. The molecule has 2 heterocycles. The summed E-state index contributed by atoms with van der Waals surface area (Å²) in [6, 6.07) is 6.14. The molecule has 22 heavy (non-hydrogen) atoms. The molecule has 0 atom stereocenters. The number of nitrogens with zero attached hydrogens (tertiary/aromatic N) is 2. The van der Waals surface area contributed by atoms with Gasteiger partial charge < -0.3 is 20.0 Å². The van der Waals surface area contributed by atoms with Crippen LogP contribution in [0.2, 0.25) is 5.02 Å². The summed E-state index contributed by atoms with van der Waals surface area (Å²) in [5, 5.41) is 6.38. The number of aromatic nitrogens is 1. The van der Waals surface area contributed by atoms with Gasteiger partial charge in [0.15, 0.2) is 5.58 Å². The summed E-state index contributed by atoms with van der Waals surface area (Å²) in [6.45, 7) is 4.15. The lowest BCUT2D eigenvalue weighted by molar-refractivity contribution is 0.235. The van der Waals surface area contributed by atoms with E-state index >= 15 is 0 Å². The number of anilines is 1. The van der Waals surface area contributed by atoms with Crippen molar-refractivity contribution >= 4 is 34.7 Å². The largest absolute Gasteiger partial charge is 0.423 e. The minimum absolute atomic E-state index is 0.0996. The Kier molecular flexibility index (Phi) is 4.38. The molecule has 1 saturated heterocycles. The molecule has 2 N–H and O–H groups in total. The van der Waals surface area contributed by atoms with E-state index in [-0.39, 0.29) is 12.1 Å². The number of hydrogen-bond donors (Lipinski definition) is 2. The number of halogens is 1. The Labute approximate surface area is 133 Å². The van der Waals surface area contributed by atoms with E-state index in [1.54, 1.807) is 12.1 Å². The molecule has 1 aliphatic rings. The van der Waals surface area contributed by atoms with E-state index in [0.717, 1.165) is 37.0 Å². The molecule has 0 spiro atoms. The Hall–Kier alpha value is -1.95. The van der Waals surface area contributed by atoms with Crippen LogP contribution in [0.4, 0.5) is 10.8 Å². The third-order valence-electron chi connectivity index (χ3n) is 3.78. The Morgan fingerprint density at radius 3 is 2.95 bits per heavy atom. The average Bonchev–Trinajstić information content (AvgIpc) is 2.91. The van der Waals surface area contributed by atoms with E-state index in [9.17, 15) is 4.79 Å². The molecule has 2 amide bonds. The zero-order chi connectivity index (χ0) is 15.5.